The number of carbonyl (C=O) groups is 1. The van der Waals surface area contributed by atoms with Crippen molar-refractivity contribution in [3.8, 4) is 17.1 Å². The first kappa shape index (κ1) is 23.0. The number of hydrogen-bond donors (Lipinski definition) is 0. The second kappa shape index (κ2) is 13.0. The molecule has 0 aliphatic carbocycles. The minimum atomic E-state index is -0.570. The fraction of sp³-hybridized carbons (Fsp3) is 0.542. The van der Waals surface area contributed by atoms with Crippen molar-refractivity contribution in [1.82, 2.24) is 9.97 Å². The summed E-state index contributed by atoms with van der Waals surface area (Å²) in [5.41, 5.74) is 2.07. The standard InChI is InChI=1S/C24H34N2O3/c1-4-6-8-9-10-11-20-17-25-23(26-18-20)21-12-14-22(15-13-21)29-24(27)19(3)28-16-7-5-2/h12-15,17-19H,4-11,16H2,1-3H3. The summed E-state index contributed by atoms with van der Waals surface area (Å²) in [6, 6.07) is 7.25. The van der Waals surface area contributed by atoms with E-state index in [2.05, 4.69) is 23.8 Å². The summed E-state index contributed by atoms with van der Waals surface area (Å²) < 4.78 is 10.9. The predicted octanol–water partition coefficient (Wildman–Crippen LogP) is 5.77. The number of esters is 1. The van der Waals surface area contributed by atoms with Crippen LogP contribution in [-0.2, 0) is 16.0 Å². The Morgan fingerprint density at radius 1 is 0.931 bits per heavy atom. The molecule has 0 saturated heterocycles. The van der Waals surface area contributed by atoms with Crippen LogP contribution in [0, 0.1) is 0 Å². The molecule has 0 fully saturated rings. The van der Waals surface area contributed by atoms with E-state index in [4.69, 9.17) is 9.47 Å². The van der Waals surface area contributed by atoms with Gasteiger partial charge in [0.25, 0.3) is 0 Å². The number of aryl methyl sites for hydroxylation is 1. The van der Waals surface area contributed by atoms with Crippen molar-refractivity contribution in [1.29, 1.82) is 0 Å². The van der Waals surface area contributed by atoms with Gasteiger partial charge in [-0.1, -0.05) is 46.0 Å². The molecule has 1 aromatic heterocycles. The Hall–Kier alpha value is -2.27. The summed E-state index contributed by atoms with van der Waals surface area (Å²) >= 11 is 0. The van der Waals surface area contributed by atoms with Crippen molar-refractivity contribution < 1.29 is 14.3 Å². The lowest BCUT2D eigenvalue weighted by Gasteiger charge is -2.12. The number of aromatic nitrogens is 2. The van der Waals surface area contributed by atoms with Crippen LogP contribution in [0.15, 0.2) is 36.7 Å². The third kappa shape index (κ3) is 8.32. The highest BCUT2D eigenvalue weighted by molar-refractivity contribution is 5.77. The molecule has 1 aromatic carbocycles. The van der Waals surface area contributed by atoms with Gasteiger partial charge in [0.1, 0.15) is 5.75 Å². The first-order valence-corrected chi connectivity index (χ1v) is 10.9. The summed E-state index contributed by atoms with van der Waals surface area (Å²) in [6.07, 6.45) is 12.6. The molecule has 0 aliphatic heterocycles. The molecule has 0 amide bonds. The number of ether oxygens (including phenoxy) is 2. The van der Waals surface area contributed by atoms with E-state index in [1.54, 1.807) is 19.1 Å². The fourth-order valence-corrected chi connectivity index (χ4v) is 2.91. The van der Waals surface area contributed by atoms with E-state index < -0.39 is 6.10 Å². The van der Waals surface area contributed by atoms with Gasteiger partial charge in [-0.15, -0.1) is 0 Å². The monoisotopic (exact) mass is 398 g/mol. The van der Waals surface area contributed by atoms with Crippen LogP contribution in [0.1, 0.15) is 71.3 Å². The Balaban J connectivity index is 1.84. The van der Waals surface area contributed by atoms with E-state index in [9.17, 15) is 4.79 Å². The van der Waals surface area contributed by atoms with Crippen molar-refractivity contribution in [2.45, 2.75) is 78.2 Å². The zero-order valence-corrected chi connectivity index (χ0v) is 18.0. The molecule has 29 heavy (non-hydrogen) atoms. The van der Waals surface area contributed by atoms with Gasteiger partial charge in [0.15, 0.2) is 11.9 Å². The molecular weight excluding hydrogens is 364 g/mol. The molecule has 1 heterocycles. The molecule has 5 heteroatoms. The molecule has 0 bridgehead atoms. The van der Waals surface area contributed by atoms with Gasteiger partial charge in [-0.2, -0.15) is 0 Å². The Morgan fingerprint density at radius 3 is 2.24 bits per heavy atom. The van der Waals surface area contributed by atoms with Gasteiger partial charge in [0.2, 0.25) is 0 Å². The van der Waals surface area contributed by atoms with Crippen LogP contribution in [0.3, 0.4) is 0 Å². The van der Waals surface area contributed by atoms with Crippen molar-refractivity contribution >= 4 is 5.97 Å². The quantitative estimate of drug-likeness (QED) is 0.244. The van der Waals surface area contributed by atoms with Crippen LogP contribution < -0.4 is 4.74 Å². The fourth-order valence-electron chi connectivity index (χ4n) is 2.91. The molecule has 0 radical (unpaired) electrons. The highest BCUT2D eigenvalue weighted by atomic mass is 16.6. The molecular formula is C24H34N2O3. The van der Waals surface area contributed by atoms with E-state index >= 15 is 0 Å². The maximum absolute atomic E-state index is 12.1. The van der Waals surface area contributed by atoms with E-state index in [1.807, 2.05) is 24.5 Å². The van der Waals surface area contributed by atoms with Crippen LogP contribution in [0.4, 0.5) is 0 Å². The minimum Gasteiger partial charge on any atom is -0.425 e. The van der Waals surface area contributed by atoms with Crippen molar-refractivity contribution in [2.24, 2.45) is 0 Å². The molecule has 2 rings (SSSR count). The number of unbranched alkanes of at least 4 members (excludes halogenated alkanes) is 5. The topological polar surface area (TPSA) is 61.3 Å². The molecule has 1 unspecified atom stereocenters. The molecule has 0 N–H and O–H groups in total. The molecule has 0 aliphatic rings. The van der Waals surface area contributed by atoms with Gasteiger partial charge in [0, 0.05) is 24.6 Å². The number of nitrogens with zero attached hydrogens (tertiary/aromatic N) is 2. The highest BCUT2D eigenvalue weighted by Crippen LogP contribution is 2.20. The smallest absolute Gasteiger partial charge is 0.340 e. The van der Waals surface area contributed by atoms with E-state index in [1.165, 1.54) is 37.7 Å². The van der Waals surface area contributed by atoms with Crippen LogP contribution in [-0.4, -0.2) is 28.6 Å². The maximum Gasteiger partial charge on any atom is 0.340 e. The van der Waals surface area contributed by atoms with Gasteiger partial charge in [-0.05, 0) is 56.0 Å². The summed E-state index contributed by atoms with van der Waals surface area (Å²) in [5, 5.41) is 0. The summed E-state index contributed by atoms with van der Waals surface area (Å²) in [7, 11) is 0. The third-order valence-electron chi connectivity index (χ3n) is 4.80. The molecule has 5 nitrogen and oxygen atoms in total. The molecule has 158 valence electrons. The first-order chi connectivity index (χ1) is 14.1. The third-order valence-corrected chi connectivity index (χ3v) is 4.80. The number of carbonyl (C=O) groups excluding carboxylic acids is 1. The van der Waals surface area contributed by atoms with Gasteiger partial charge >= 0.3 is 5.97 Å². The van der Waals surface area contributed by atoms with Crippen LogP contribution in [0.2, 0.25) is 0 Å². The molecule has 1 atom stereocenters. The van der Waals surface area contributed by atoms with Crippen LogP contribution in [0.25, 0.3) is 11.4 Å². The van der Waals surface area contributed by atoms with E-state index in [0.29, 0.717) is 18.2 Å². The SMILES string of the molecule is CCCCCCCc1cnc(-c2ccc(OC(=O)C(C)OCCCC)cc2)nc1. The average Bonchev–Trinajstić information content (AvgIpc) is 2.75. The Kier molecular flexibility index (Phi) is 10.4. The maximum atomic E-state index is 12.1. The Bertz CT molecular complexity index is 714. The summed E-state index contributed by atoms with van der Waals surface area (Å²) in [5.74, 6) is 0.788. The zero-order chi connectivity index (χ0) is 20.9. The lowest BCUT2D eigenvalue weighted by Crippen LogP contribution is -2.26. The number of benzene rings is 1. The van der Waals surface area contributed by atoms with Gasteiger partial charge in [0.05, 0.1) is 0 Å². The second-order valence-electron chi connectivity index (χ2n) is 7.39. The number of rotatable bonds is 13. The zero-order valence-electron chi connectivity index (χ0n) is 18.0. The lowest BCUT2D eigenvalue weighted by molar-refractivity contribution is -0.146. The molecule has 0 saturated carbocycles. The predicted molar refractivity (Wildman–Crippen MR) is 116 cm³/mol. The number of hydrogen-bond acceptors (Lipinski definition) is 5. The summed E-state index contributed by atoms with van der Waals surface area (Å²) in [4.78, 5) is 21.0. The van der Waals surface area contributed by atoms with Crippen LogP contribution in [0.5, 0.6) is 5.75 Å². The van der Waals surface area contributed by atoms with E-state index in [-0.39, 0.29) is 5.97 Å². The molecule has 0 spiro atoms. The van der Waals surface area contributed by atoms with Gasteiger partial charge in [-0.25, -0.2) is 14.8 Å². The first-order valence-electron chi connectivity index (χ1n) is 10.9. The Labute approximate surface area is 174 Å². The minimum absolute atomic E-state index is 0.381. The second-order valence-corrected chi connectivity index (χ2v) is 7.39. The van der Waals surface area contributed by atoms with Crippen molar-refractivity contribution in [3.05, 3.63) is 42.2 Å². The highest BCUT2D eigenvalue weighted by Gasteiger charge is 2.15. The summed E-state index contributed by atoms with van der Waals surface area (Å²) in [6.45, 7) is 6.59. The van der Waals surface area contributed by atoms with E-state index in [0.717, 1.165) is 24.8 Å². The van der Waals surface area contributed by atoms with Gasteiger partial charge in [-0.3, -0.25) is 0 Å². The van der Waals surface area contributed by atoms with Crippen LogP contribution >= 0.6 is 0 Å². The van der Waals surface area contributed by atoms with Gasteiger partial charge < -0.3 is 9.47 Å². The largest absolute Gasteiger partial charge is 0.425 e. The van der Waals surface area contributed by atoms with Crippen molar-refractivity contribution in [3.63, 3.8) is 0 Å². The average molecular weight is 399 g/mol. The van der Waals surface area contributed by atoms with Crippen molar-refractivity contribution in [2.75, 3.05) is 6.61 Å². The Morgan fingerprint density at radius 2 is 1.59 bits per heavy atom. The molecule has 2 aromatic rings. The lowest BCUT2D eigenvalue weighted by atomic mass is 10.1. The normalized spacial score (nSPS) is 12.0.